The maximum atomic E-state index is 5.65. The first kappa shape index (κ1) is 9.96. The SMILES string of the molecule is CCC(Oc1cnccn1)C(C)C. The van der Waals surface area contributed by atoms with Crippen LogP contribution in [0.4, 0.5) is 0 Å². The third-order valence-electron chi connectivity index (χ3n) is 1.96. The Bertz CT molecular complexity index is 236. The Hall–Kier alpha value is -1.12. The summed E-state index contributed by atoms with van der Waals surface area (Å²) in [6.45, 7) is 6.40. The Labute approximate surface area is 79.2 Å². The van der Waals surface area contributed by atoms with E-state index in [4.69, 9.17) is 4.74 Å². The Morgan fingerprint density at radius 1 is 1.38 bits per heavy atom. The van der Waals surface area contributed by atoms with E-state index in [2.05, 4.69) is 30.7 Å². The van der Waals surface area contributed by atoms with Gasteiger partial charge in [-0.1, -0.05) is 20.8 Å². The van der Waals surface area contributed by atoms with Crippen LogP contribution >= 0.6 is 0 Å². The molecule has 0 saturated carbocycles. The van der Waals surface area contributed by atoms with Gasteiger partial charge in [0.05, 0.1) is 6.20 Å². The average molecular weight is 180 g/mol. The van der Waals surface area contributed by atoms with Gasteiger partial charge in [-0.3, -0.25) is 4.98 Å². The summed E-state index contributed by atoms with van der Waals surface area (Å²) < 4.78 is 5.65. The zero-order valence-corrected chi connectivity index (χ0v) is 8.40. The van der Waals surface area contributed by atoms with Crippen LogP contribution in [0, 0.1) is 5.92 Å². The van der Waals surface area contributed by atoms with Gasteiger partial charge in [-0.2, -0.15) is 0 Å². The minimum Gasteiger partial charge on any atom is -0.473 e. The fraction of sp³-hybridized carbons (Fsp3) is 0.600. The molecule has 0 spiro atoms. The van der Waals surface area contributed by atoms with Crippen molar-refractivity contribution >= 4 is 0 Å². The smallest absolute Gasteiger partial charge is 0.232 e. The van der Waals surface area contributed by atoms with E-state index in [-0.39, 0.29) is 6.10 Å². The summed E-state index contributed by atoms with van der Waals surface area (Å²) in [6, 6.07) is 0. The fourth-order valence-corrected chi connectivity index (χ4v) is 1.19. The third-order valence-corrected chi connectivity index (χ3v) is 1.96. The van der Waals surface area contributed by atoms with Gasteiger partial charge in [0.1, 0.15) is 6.10 Å². The quantitative estimate of drug-likeness (QED) is 0.713. The van der Waals surface area contributed by atoms with E-state index in [1.54, 1.807) is 18.6 Å². The van der Waals surface area contributed by atoms with Crippen LogP contribution in [-0.2, 0) is 0 Å². The molecule has 3 heteroatoms. The lowest BCUT2D eigenvalue weighted by Gasteiger charge is -2.19. The van der Waals surface area contributed by atoms with E-state index in [1.807, 2.05) is 0 Å². The first-order valence-electron chi connectivity index (χ1n) is 4.66. The molecule has 1 heterocycles. The molecule has 13 heavy (non-hydrogen) atoms. The Balaban J connectivity index is 2.57. The molecular weight excluding hydrogens is 164 g/mol. The topological polar surface area (TPSA) is 35.0 Å². The molecule has 0 aromatic carbocycles. The molecule has 0 saturated heterocycles. The van der Waals surface area contributed by atoms with Crippen LogP contribution in [-0.4, -0.2) is 16.1 Å². The molecule has 0 bridgehead atoms. The van der Waals surface area contributed by atoms with Crippen LogP contribution in [0.3, 0.4) is 0 Å². The zero-order chi connectivity index (χ0) is 9.68. The molecule has 1 atom stereocenters. The molecule has 1 unspecified atom stereocenters. The van der Waals surface area contributed by atoms with Crippen molar-refractivity contribution in [3.05, 3.63) is 18.6 Å². The molecule has 0 N–H and O–H groups in total. The average Bonchev–Trinajstić information content (AvgIpc) is 2.15. The van der Waals surface area contributed by atoms with E-state index < -0.39 is 0 Å². The number of aromatic nitrogens is 2. The summed E-state index contributed by atoms with van der Waals surface area (Å²) in [5, 5.41) is 0. The normalized spacial score (nSPS) is 12.9. The first-order chi connectivity index (χ1) is 6.24. The van der Waals surface area contributed by atoms with E-state index in [0.717, 1.165) is 6.42 Å². The van der Waals surface area contributed by atoms with Crippen molar-refractivity contribution in [3.8, 4) is 5.88 Å². The predicted octanol–water partition coefficient (Wildman–Crippen LogP) is 2.29. The molecule has 0 aliphatic carbocycles. The zero-order valence-electron chi connectivity index (χ0n) is 8.40. The van der Waals surface area contributed by atoms with Gasteiger partial charge in [-0.15, -0.1) is 0 Å². The van der Waals surface area contributed by atoms with Gasteiger partial charge in [0.25, 0.3) is 0 Å². The molecular formula is C10H16N2O. The highest BCUT2D eigenvalue weighted by molar-refractivity contribution is 5.02. The fourth-order valence-electron chi connectivity index (χ4n) is 1.19. The molecule has 72 valence electrons. The summed E-state index contributed by atoms with van der Waals surface area (Å²) in [5.41, 5.74) is 0. The molecule has 1 aromatic rings. The molecule has 0 aliphatic heterocycles. The highest BCUT2D eigenvalue weighted by Crippen LogP contribution is 2.13. The summed E-state index contributed by atoms with van der Waals surface area (Å²) in [6.07, 6.45) is 6.15. The second-order valence-electron chi connectivity index (χ2n) is 3.35. The maximum absolute atomic E-state index is 5.65. The molecule has 1 aromatic heterocycles. The summed E-state index contributed by atoms with van der Waals surface area (Å²) in [4.78, 5) is 8.01. The molecule has 0 amide bonds. The monoisotopic (exact) mass is 180 g/mol. The largest absolute Gasteiger partial charge is 0.473 e. The van der Waals surface area contributed by atoms with Crippen LogP contribution in [0.1, 0.15) is 27.2 Å². The molecule has 0 aliphatic rings. The molecule has 0 fully saturated rings. The highest BCUT2D eigenvalue weighted by Gasteiger charge is 2.12. The predicted molar refractivity (Wildman–Crippen MR) is 51.6 cm³/mol. The van der Waals surface area contributed by atoms with Crippen molar-refractivity contribution < 1.29 is 4.74 Å². The summed E-state index contributed by atoms with van der Waals surface area (Å²) in [5.74, 6) is 1.12. The Kier molecular flexibility index (Phi) is 3.68. The van der Waals surface area contributed by atoms with Gasteiger partial charge >= 0.3 is 0 Å². The number of rotatable bonds is 4. The summed E-state index contributed by atoms with van der Waals surface area (Å²) in [7, 11) is 0. The van der Waals surface area contributed by atoms with Gasteiger partial charge < -0.3 is 4.74 Å². The number of hydrogen-bond acceptors (Lipinski definition) is 3. The lowest BCUT2D eigenvalue weighted by atomic mass is 10.1. The minimum absolute atomic E-state index is 0.233. The van der Waals surface area contributed by atoms with Crippen molar-refractivity contribution in [3.63, 3.8) is 0 Å². The van der Waals surface area contributed by atoms with Gasteiger partial charge in [0.15, 0.2) is 0 Å². The number of nitrogens with zero attached hydrogens (tertiary/aromatic N) is 2. The molecule has 0 radical (unpaired) electrons. The van der Waals surface area contributed by atoms with E-state index in [9.17, 15) is 0 Å². The van der Waals surface area contributed by atoms with Crippen molar-refractivity contribution in [2.75, 3.05) is 0 Å². The number of ether oxygens (including phenoxy) is 1. The van der Waals surface area contributed by atoms with Crippen molar-refractivity contribution in [1.29, 1.82) is 0 Å². The number of hydrogen-bond donors (Lipinski definition) is 0. The van der Waals surface area contributed by atoms with Gasteiger partial charge in [-0.05, 0) is 12.3 Å². The van der Waals surface area contributed by atoms with Crippen molar-refractivity contribution in [1.82, 2.24) is 9.97 Å². The van der Waals surface area contributed by atoms with Gasteiger partial charge in [-0.25, -0.2) is 4.98 Å². The van der Waals surface area contributed by atoms with E-state index in [1.165, 1.54) is 0 Å². The standard InChI is InChI=1S/C10H16N2O/c1-4-9(8(2)3)13-10-7-11-5-6-12-10/h5-9H,4H2,1-3H3. The van der Waals surface area contributed by atoms with Crippen LogP contribution in [0.25, 0.3) is 0 Å². The minimum atomic E-state index is 0.233. The van der Waals surface area contributed by atoms with Gasteiger partial charge in [0, 0.05) is 12.4 Å². The lowest BCUT2D eigenvalue weighted by molar-refractivity contribution is 0.140. The first-order valence-corrected chi connectivity index (χ1v) is 4.66. The Morgan fingerprint density at radius 2 is 2.15 bits per heavy atom. The maximum Gasteiger partial charge on any atom is 0.232 e. The van der Waals surface area contributed by atoms with E-state index >= 15 is 0 Å². The van der Waals surface area contributed by atoms with E-state index in [0.29, 0.717) is 11.8 Å². The molecule has 1 rings (SSSR count). The second-order valence-corrected chi connectivity index (χ2v) is 3.35. The lowest BCUT2D eigenvalue weighted by Crippen LogP contribution is -2.22. The van der Waals surface area contributed by atoms with Crippen LogP contribution < -0.4 is 4.74 Å². The van der Waals surface area contributed by atoms with Gasteiger partial charge in [0.2, 0.25) is 5.88 Å². The van der Waals surface area contributed by atoms with Crippen LogP contribution in [0.2, 0.25) is 0 Å². The van der Waals surface area contributed by atoms with Crippen LogP contribution in [0.15, 0.2) is 18.6 Å². The Morgan fingerprint density at radius 3 is 2.62 bits per heavy atom. The van der Waals surface area contributed by atoms with Crippen LogP contribution in [0.5, 0.6) is 5.88 Å². The molecule has 3 nitrogen and oxygen atoms in total. The summed E-state index contributed by atoms with van der Waals surface area (Å²) >= 11 is 0. The van der Waals surface area contributed by atoms with Crippen molar-refractivity contribution in [2.45, 2.75) is 33.3 Å². The third kappa shape index (κ3) is 3.01. The highest BCUT2D eigenvalue weighted by atomic mass is 16.5. The second kappa shape index (κ2) is 4.80. The van der Waals surface area contributed by atoms with Crippen molar-refractivity contribution in [2.24, 2.45) is 5.92 Å².